The molecule has 1 saturated heterocycles. The lowest BCUT2D eigenvalue weighted by molar-refractivity contribution is -0.144. The second kappa shape index (κ2) is 7.67. The van der Waals surface area contributed by atoms with E-state index in [1.807, 2.05) is 36.5 Å². The maximum atomic E-state index is 12.6. The average Bonchev–Trinajstić information content (AvgIpc) is 3.37. The number of piperidine rings is 1. The highest BCUT2D eigenvalue weighted by atomic mass is 16.5. The molecule has 1 atom stereocenters. The number of rotatable bonds is 3. The Kier molecular flexibility index (Phi) is 4.92. The van der Waals surface area contributed by atoms with Gasteiger partial charge in [-0.3, -0.25) is 20.0 Å². The molecule has 1 unspecified atom stereocenters. The summed E-state index contributed by atoms with van der Waals surface area (Å²) in [7, 11) is 0. The standard InChI is InChI=1S/C20H21N5O3/c1-13-10-17(24-28-13)22-19(26)20(27)25-9-5-8-15(12-25)18-16(11-21-23-18)14-6-3-2-4-7-14/h2-4,6-7,10-11,15H,5,8-9,12H2,1H3,(H,21,23)(H,22,24,26). The van der Waals surface area contributed by atoms with E-state index in [0.717, 1.165) is 29.7 Å². The van der Waals surface area contributed by atoms with E-state index in [9.17, 15) is 9.59 Å². The van der Waals surface area contributed by atoms with Crippen LogP contribution >= 0.6 is 0 Å². The van der Waals surface area contributed by atoms with E-state index in [1.165, 1.54) is 0 Å². The molecule has 0 aliphatic carbocycles. The molecule has 2 aromatic heterocycles. The zero-order valence-corrected chi connectivity index (χ0v) is 15.5. The minimum atomic E-state index is -0.707. The predicted molar refractivity (Wildman–Crippen MR) is 102 cm³/mol. The van der Waals surface area contributed by atoms with E-state index in [0.29, 0.717) is 18.8 Å². The topological polar surface area (TPSA) is 104 Å². The van der Waals surface area contributed by atoms with Crippen molar-refractivity contribution in [2.24, 2.45) is 0 Å². The predicted octanol–water partition coefficient (Wildman–Crippen LogP) is 2.72. The van der Waals surface area contributed by atoms with Crippen LogP contribution in [-0.4, -0.2) is 45.2 Å². The number of carbonyl (C=O) groups excluding carboxylic acids is 2. The fourth-order valence-corrected chi connectivity index (χ4v) is 3.59. The summed E-state index contributed by atoms with van der Waals surface area (Å²) < 4.78 is 4.91. The molecule has 144 valence electrons. The zero-order valence-electron chi connectivity index (χ0n) is 15.5. The van der Waals surface area contributed by atoms with Crippen LogP contribution in [0.5, 0.6) is 0 Å². The molecular formula is C20H21N5O3. The minimum absolute atomic E-state index is 0.0949. The number of anilines is 1. The Labute approximate surface area is 161 Å². The van der Waals surface area contributed by atoms with Crippen LogP contribution < -0.4 is 5.32 Å². The number of hydrogen-bond donors (Lipinski definition) is 2. The quantitative estimate of drug-likeness (QED) is 0.681. The van der Waals surface area contributed by atoms with Crippen LogP contribution in [0.1, 0.15) is 30.2 Å². The second-order valence-electron chi connectivity index (χ2n) is 6.93. The molecule has 0 radical (unpaired) electrons. The average molecular weight is 379 g/mol. The van der Waals surface area contributed by atoms with Crippen molar-refractivity contribution in [3.05, 3.63) is 54.0 Å². The van der Waals surface area contributed by atoms with E-state index in [-0.39, 0.29) is 11.7 Å². The molecule has 28 heavy (non-hydrogen) atoms. The molecule has 4 rings (SSSR count). The summed E-state index contributed by atoms with van der Waals surface area (Å²) in [6.07, 6.45) is 3.56. The van der Waals surface area contributed by atoms with Crippen LogP contribution in [0.2, 0.25) is 0 Å². The van der Waals surface area contributed by atoms with Crippen LogP contribution in [0, 0.1) is 6.92 Å². The number of amides is 2. The summed E-state index contributed by atoms with van der Waals surface area (Å²) in [6, 6.07) is 11.6. The molecule has 2 amide bonds. The van der Waals surface area contributed by atoms with Crippen LogP contribution in [-0.2, 0) is 9.59 Å². The number of aromatic amines is 1. The van der Waals surface area contributed by atoms with E-state index >= 15 is 0 Å². The third kappa shape index (κ3) is 3.66. The van der Waals surface area contributed by atoms with Gasteiger partial charge in [-0.2, -0.15) is 5.10 Å². The molecule has 3 aromatic rings. The van der Waals surface area contributed by atoms with Crippen molar-refractivity contribution >= 4 is 17.6 Å². The van der Waals surface area contributed by atoms with Gasteiger partial charge in [0.2, 0.25) is 0 Å². The number of likely N-dealkylation sites (tertiary alicyclic amines) is 1. The van der Waals surface area contributed by atoms with Crippen LogP contribution in [0.3, 0.4) is 0 Å². The molecule has 3 heterocycles. The maximum absolute atomic E-state index is 12.6. The number of aryl methyl sites for hydroxylation is 1. The van der Waals surface area contributed by atoms with Gasteiger partial charge in [0.05, 0.1) is 6.20 Å². The summed E-state index contributed by atoms with van der Waals surface area (Å²) in [5, 5.41) is 13.5. The molecule has 0 bridgehead atoms. The fourth-order valence-electron chi connectivity index (χ4n) is 3.59. The van der Waals surface area contributed by atoms with Crippen molar-refractivity contribution in [2.75, 3.05) is 18.4 Å². The molecule has 1 fully saturated rings. The molecule has 0 saturated carbocycles. The number of H-pyrrole nitrogens is 1. The van der Waals surface area contributed by atoms with Crippen molar-refractivity contribution in [1.29, 1.82) is 0 Å². The third-order valence-corrected chi connectivity index (χ3v) is 4.93. The molecule has 2 N–H and O–H groups in total. The number of benzene rings is 1. The molecule has 8 nitrogen and oxygen atoms in total. The fraction of sp³-hybridized carbons (Fsp3) is 0.300. The number of hydrogen-bond acceptors (Lipinski definition) is 5. The van der Waals surface area contributed by atoms with Gasteiger partial charge in [0.15, 0.2) is 5.82 Å². The molecule has 1 aliphatic heterocycles. The first-order valence-corrected chi connectivity index (χ1v) is 9.24. The van der Waals surface area contributed by atoms with Crippen molar-refractivity contribution in [3.8, 4) is 11.1 Å². The molecule has 1 aromatic carbocycles. The molecule has 8 heteroatoms. The maximum Gasteiger partial charge on any atom is 0.315 e. The highest BCUT2D eigenvalue weighted by Gasteiger charge is 2.31. The Morgan fingerprint density at radius 1 is 1.29 bits per heavy atom. The van der Waals surface area contributed by atoms with E-state index in [4.69, 9.17) is 4.52 Å². The zero-order chi connectivity index (χ0) is 19.5. The van der Waals surface area contributed by atoms with Gasteiger partial charge < -0.3 is 9.42 Å². The summed E-state index contributed by atoms with van der Waals surface area (Å²) in [4.78, 5) is 26.5. The third-order valence-electron chi connectivity index (χ3n) is 4.93. The van der Waals surface area contributed by atoms with E-state index < -0.39 is 11.8 Å². The molecule has 1 aliphatic rings. The normalized spacial score (nSPS) is 16.8. The summed E-state index contributed by atoms with van der Waals surface area (Å²) in [5.74, 6) is -0.372. The Hall–Kier alpha value is -3.42. The summed E-state index contributed by atoms with van der Waals surface area (Å²) in [6.45, 7) is 2.73. The summed E-state index contributed by atoms with van der Waals surface area (Å²) >= 11 is 0. The van der Waals surface area contributed by atoms with E-state index in [1.54, 1.807) is 17.9 Å². The van der Waals surface area contributed by atoms with Crippen LogP contribution in [0.15, 0.2) is 47.1 Å². The molecule has 0 spiro atoms. The number of nitrogens with zero attached hydrogens (tertiary/aromatic N) is 3. The highest BCUT2D eigenvalue weighted by Crippen LogP contribution is 2.33. The lowest BCUT2D eigenvalue weighted by atomic mass is 9.90. The van der Waals surface area contributed by atoms with Gasteiger partial charge in [-0.15, -0.1) is 0 Å². The monoisotopic (exact) mass is 379 g/mol. The van der Waals surface area contributed by atoms with Gasteiger partial charge in [-0.1, -0.05) is 35.5 Å². The van der Waals surface area contributed by atoms with Crippen molar-refractivity contribution < 1.29 is 14.1 Å². The number of nitrogens with one attached hydrogen (secondary N) is 2. The lowest BCUT2D eigenvalue weighted by Crippen LogP contribution is -2.44. The Morgan fingerprint density at radius 3 is 2.86 bits per heavy atom. The van der Waals surface area contributed by atoms with Gasteiger partial charge in [0, 0.05) is 36.3 Å². The van der Waals surface area contributed by atoms with Gasteiger partial charge >= 0.3 is 11.8 Å². The number of carbonyl (C=O) groups is 2. The Bertz CT molecular complexity index is 979. The smallest absolute Gasteiger partial charge is 0.315 e. The van der Waals surface area contributed by atoms with Crippen molar-refractivity contribution in [3.63, 3.8) is 0 Å². The first-order chi connectivity index (χ1) is 13.6. The Morgan fingerprint density at radius 2 is 2.11 bits per heavy atom. The van der Waals surface area contributed by atoms with Gasteiger partial charge in [-0.05, 0) is 25.3 Å². The SMILES string of the molecule is Cc1cc(NC(=O)C(=O)N2CCCC(c3[nH]ncc3-c3ccccc3)C2)no1. The van der Waals surface area contributed by atoms with Crippen LogP contribution in [0.4, 0.5) is 5.82 Å². The van der Waals surface area contributed by atoms with Crippen LogP contribution in [0.25, 0.3) is 11.1 Å². The highest BCUT2D eigenvalue weighted by molar-refractivity contribution is 6.39. The largest absolute Gasteiger partial charge is 0.360 e. The Balaban J connectivity index is 1.47. The number of aromatic nitrogens is 3. The minimum Gasteiger partial charge on any atom is -0.360 e. The van der Waals surface area contributed by atoms with E-state index in [2.05, 4.69) is 20.7 Å². The van der Waals surface area contributed by atoms with Crippen molar-refractivity contribution in [1.82, 2.24) is 20.3 Å². The lowest BCUT2D eigenvalue weighted by Gasteiger charge is -2.32. The second-order valence-corrected chi connectivity index (χ2v) is 6.93. The first kappa shape index (κ1) is 18.0. The van der Waals surface area contributed by atoms with Gasteiger partial charge in [-0.25, -0.2) is 0 Å². The van der Waals surface area contributed by atoms with Gasteiger partial charge in [0.25, 0.3) is 0 Å². The molecular weight excluding hydrogens is 358 g/mol. The first-order valence-electron chi connectivity index (χ1n) is 9.24. The van der Waals surface area contributed by atoms with Crippen molar-refractivity contribution in [2.45, 2.75) is 25.7 Å². The van der Waals surface area contributed by atoms with Gasteiger partial charge in [0.1, 0.15) is 5.76 Å². The summed E-state index contributed by atoms with van der Waals surface area (Å²) in [5.41, 5.74) is 3.10.